The molecule has 13 heavy (non-hydrogen) atoms. The van der Waals surface area contributed by atoms with Gasteiger partial charge in [-0.15, -0.1) is 0 Å². The molecule has 72 valence electrons. The fourth-order valence-electron chi connectivity index (χ4n) is 1.25. The van der Waals surface area contributed by atoms with Crippen molar-refractivity contribution in [2.45, 2.75) is 6.92 Å². The number of carbonyl (C=O) groups is 1. The number of hydrogen-bond donors (Lipinski definition) is 1. The number of likely N-dealkylation sites (N-methyl/N-ethyl adjacent to an activating group) is 1. The van der Waals surface area contributed by atoms with Crippen LogP contribution in [0.15, 0.2) is 23.9 Å². The normalized spacial score (nSPS) is 19.9. The zero-order chi connectivity index (χ0) is 9.84. The van der Waals surface area contributed by atoms with Gasteiger partial charge in [0.25, 0.3) is 0 Å². The molecule has 0 aromatic carbocycles. The van der Waals surface area contributed by atoms with Crippen LogP contribution >= 0.6 is 0 Å². The Balaban J connectivity index is 2.58. The van der Waals surface area contributed by atoms with E-state index in [-0.39, 0.29) is 11.8 Å². The highest BCUT2D eigenvalue weighted by Gasteiger charge is 2.17. The molecule has 0 saturated carbocycles. The van der Waals surface area contributed by atoms with Gasteiger partial charge in [-0.1, -0.05) is 6.08 Å². The van der Waals surface area contributed by atoms with Crippen LogP contribution in [0.25, 0.3) is 0 Å². The van der Waals surface area contributed by atoms with Crippen molar-refractivity contribution in [3.8, 4) is 0 Å². The van der Waals surface area contributed by atoms with Gasteiger partial charge in [-0.3, -0.25) is 4.79 Å². The van der Waals surface area contributed by atoms with Gasteiger partial charge in [0.1, 0.15) is 0 Å². The average molecular weight is 180 g/mol. The summed E-state index contributed by atoms with van der Waals surface area (Å²) in [4.78, 5) is 13.4. The summed E-state index contributed by atoms with van der Waals surface area (Å²) in [6.45, 7) is 2.61. The summed E-state index contributed by atoms with van der Waals surface area (Å²) in [6, 6.07) is 0. The topological polar surface area (TPSA) is 32.3 Å². The van der Waals surface area contributed by atoms with E-state index in [1.54, 1.807) is 0 Å². The minimum atomic E-state index is -0.0858. The first-order chi connectivity index (χ1) is 6.15. The van der Waals surface area contributed by atoms with Crippen LogP contribution in [-0.2, 0) is 4.79 Å². The van der Waals surface area contributed by atoms with Crippen LogP contribution in [0.2, 0.25) is 0 Å². The van der Waals surface area contributed by atoms with E-state index in [9.17, 15) is 4.79 Å². The van der Waals surface area contributed by atoms with Crippen LogP contribution < -0.4 is 5.32 Å². The Morgan fingerprint density at radius 2 is 2.31 bits per heavy atom. The van der Waals surface area contributed by atoms with E-state index in [2.05, 4.69) is 5.32 Å². The zero-order valence-corrected chi connectivity index (χ0v) is 8.37. The highest BCUT2D eigenvalue weighted by Crippen LogP contribution is 2.17. The summed E-state index contributed by atoms with van der Waals surface area (Å²) in [6.07, 6.45) is 5.85. The molecule has 1 atom stereocenters. The van der Waals surface area contributed by atoms with Gasteiger partial charge in [-0.05, 0) is 19.1 Å². The monoisotopic (exact) mass is 180 g/mol. The molecule has 0 fully saturated rings. The van der Waals surface area contributed by atoms with E-state index < -0.39 is 0 Å². The zero-order valence-electron chi connectivity index (χ0n) is 8.37. The Hall–Kier alpha value is -1.25. The smallest absolute Gasteiger partial charge is 0.230 e. The molecule has 0 bridgehead atoms. The lowest BCUT2D eigenvalue weighted by Crippen LogP contribution is -2.27. The van der Waals surface area contributed by atoms with Gasteiger partial charge < -0.3 is 10.2 Å². The Bertz CT molecular complexity index is 254. The van der Waals surface area contributed by atoms with Gasteiger partial charge in [0.15, 0.2) is 0 Å². The molecule has 0 aliphatic heterocycles. The fraction of sp³-hybridized carbons (Fsp3) is 0.500. The molecule has 0 aromatic heterocycles. The first-order valence-corrected chi connectivity index (χ1v) is 4.50. The Kier molecular flexibility index (Phi) is 3.12. The Morgan fingerprint density at radius 1 is 1.62 bits per heavy atom. The molecular formula is C10H16N2O. The Morgan fingerprint density at radius 3 is 2.77 bits per heavy atom. The molecule has 3 heteroatoms. The number of amides is 1. The van der Waals surface area contributed by atoms with Crippen molar-refractivity contribution in [1.82, 2.24) is 10.2 Å². The fourth-order valence-corrected chi connectivity index (χ4v) is 1.25. The lowest BCUT2D eigenvalue weighted by molar-refractivity contribution is -0.122. The SMILES string of the molecule is CCNC(=O)C1C=CC(N(C)C)=C1. The summed E-state index contributed by atoms with van der Waals surface area (Å²) >= 11 is 0. The van der Waals surface area contributed by atoms with Crippen molar-refractivity contribution in [2.75, 3.05) is 20.6 Å². The largest absolute Gasteiger partial charge is 0.378 e. The van der Waals surface area contributed by atoms with Crippen LogP contribution in [0, 0.1) is 5.92 Å². The summed E-state index contributed by atoms with van der Waals surface area (Å²) in [5.41, 5.74) is 1.09. The van der Waals surface area contributed by atoms with Gasteiger partial charge in [-0.2, -0.15) is 0 Å². The van der Waals surface area contributed by atoms with E-state index in [0.717, 1.165) is 5.70 Å². The summed E-state index contributed by atoms with van der Waals surface area (Å²) in [5.74, 6) is -0.00653. The van der Waals surface area contributed by atoms with Gasteiger partial charge in [0, 0.05) is 26.3 Å². The van der Waals surface area contributed by atoms with Crippen LogP contribution in [0.3, 0.4) is 0 Å². The highest BCUT2D eigenvalue weighted by molar-refractivity contribution is 5.83. The minimum absolute atomic E-state index is 0.0793. The molecule has 0 heterocycles. The standard InChI is InChI=1S/C10H16N2O/c1-4-11-10(13)8-5-6-9(7-8)12(2)3/h5-8H,4H2,1-3H3,(H,11,13). The Labute approximate surface area is 79.1 Å². The van der Waals surface area contributed by atoms with E-state index in [0.29, 0.717) is 6.54 Å². The quantitative estimate of drug-likeness (QED) is 0.695. The molecule has 0 aromatic rings. The minimum Gasteiger partial charge on any atom is -0.378 e. The predicted molar refractivity (Wildman–Crippen MR) is 53.1 cm³/mol. The van der Waals surface area contributed by atoms with Crippen LogP contribution in [0.1, 0.15) is 6.92 Å². The lowest BCUT2D eigenvalue weighted by atomic mass is 10.1. The molecule has 1 N–H and O–H groups in total. The van der Waals surface area contributed by atoms with E-state index >= 15 is 0 Å². The maximum atomic E-state index is 11.4. The number of allylic oxidation sites excluding steroid dienone is 1. The maximum Gasteiger partial charge on any atom is 0.230 e. The summed E-state index contributed by atoms with van der Waals surface area (Å²) in [5, 5.41) is 2.79. The molecule has 1 aliphatic rings. The number of hydrogen-bond acceptors (Lipinski definition) is 2. The van der Waals surface area contributed by atoms with E-state index in [4.69, 9.17) is 0 Å². The third-order valence-corrected chi connectivity index (χ3v) is 1.99. The third-order valence-electron chi connectivity index (χ3n) is 1.99. The van der Waals surface area contributed by atoms with Gasteiger partial charge in [0.05, 0.1) is 5.92 Å². The van der Waals surface area contributed by atoms with Crippen LogP contribution in [0.5, 0.6) is 0 Å². The molecule has 0 saturated heterocycles. The van der Waals surface area contributed by atoms with Crippen molar-refractivity contribution in [3.05, 3.63) is 23.9 Å². The average Bonchev–Trinajstić information content (AvgIpc) is 2.52. The van der Waals surface area contributed by atoms with Crippen molar-refractivity contribution in [1.29, 1.82) is 0 Å². The van der Waals surface area contributed by atoms with Crippen molar-refractivity contribution in [2.24, 2.45) is 5.92 Å². The molecule has 0 spiro atoms. The molecule has 1 amide bonds. The molecule has 1 rings (SSSR count). The summed E-state index contributed by atoms with van der Waals surface area (Å²) in [7, 11) is 3.94. The van der Waals surface area contributed by atoms with Gasteiger partial charge >= 0.3 is 0 Å². The van der Waals surface area contributed by atoms with Gasteiger partial charge in [0.2, 0.25) is 5.91 Å². The molecular weight excluding hydrogens is 164 g/mol. The molecule has 0 radical (unpaired) electrons. The second kappa shape index (κ2) is 4.12. The van der Waals surface area contributed by atoms with Crippen molar-refractivity contribution < 1.29 is 4.79 Å². The van der Waals surface area contributed by atoms with E-state index in [1.165, 1.54) is 0 Å². The molecule has 1 unspecified atom stereocenters. The van der Waals surface area contributed by atoms with E-state index in [1.807, 2.05) is 44.1 Å². The number of rotatable bonds is 3. The first-order valence-electron chi connectivity index (χ1n) is 4.50. The first kappa shape index (κ1) is 9.84. The van der Waals surface area contributed by atoms with Crippen molar-refractivity contribution >= 4 is 5.91 Å². The second-order valence-electron chi connectivity index (χ2n) is 3.27. The number of nitrogens with zero attached hydrogens (tertiary/aromatic N) is 1. The van der Waals surface area contributed by atoms with Crippen LogP contribution in [0.4, 0.5) is 0 Å². The third kappa shape index (κ3) is 2.34. The molecule has 3 nitrogen and oxygen atoms in total. The second-order valence-corrected chi connectivity index (χ2v) is 3.27. The van der Waals surface area contributed by atoms with Crippen molar-refractivity contribution in [3.63, 3.8) is 0 Å². The number of carbonyl (C=O) groups excluding carboxylic acids is 1. The predicted octanol–water partition coefficient (Wildman–Crippen LogP) is 0.754. The van der Waals surface area contributed by atoms with Gasteiger partial charge in [-0.25, -0.2) is 0 Å². The number of nitrogens with one attached hydrogen (secondary N) is 1. The highest BCUT2D eigenvalue weighted by atomic mass is 16.1. The van der Waals surface area contributed by atoms with Crippen LogP contribution in [-0.4, -0.2) is 31.4 Å². The lowest BCUT2D eigenvalue weighted by Gasteiger charge is -2.11. The summed E-state index contributed by atoms with van der Waals surface area (Å²) < 4.78 is 0. The molecule has 1 aliphatic carbocycles. The maximum absolute atomic E-state index is 11.4.